The first-order valence-electron chi connectivity index (χ1n) is 7.25. The van der Waals surface area contributed by atoms with Crippen molar-refractivity contribution in [3.63, 3.8) is 0 Å². The van der Waals surface area contributed by atoms with Crippen LogP contribution in [0.25, 0.3) is 0 Å². The number of alkyl halides is 3. The summed E-state index contributed by atoms with van der Waals surface area (Å²) < 4.78 is 38.3. The summed E-state index contributed by atoms with van der Waals surface area (Å²) in [7, 11) is 1.91. The molecule has 0 atom stereocenters. The molecule has 0 unspecified atom stereocenters. The quantitative estimate of drug-likeness (QED) is 0.578. The molecule has 120 valence electrons. The molecule has 0 aromatic heterocycles. The van der Waals surface area contributed by atoms with Gasteiger partial charge in [0.05, 0.1) is 0 Å². The third kappa shape index (κ3) is 6.91. The summed E-state index contributed by atoms with van der Waals surface area (Å²) in [5, 5.41) is 3.10. The van der Waals surface area contributed by atoms with Gasteiger partial charge in [-0.05, 0) is 45.0 Å². The van der Waals surface area contributed by atoms with Crippen LogP contribution in [0.4, 0.5) is 13.2 Å². The van der Waals surface area contributed by atoms with Gasteiger partial charge in [-0.15, -0.1) is 0 Å². The summed E-state index contributed by atoms with van der Waals surface area (Å²) in [5.74, 6) is 0.241. The minimum Gasteiger partial charge on any atom is -0.318 e. The van der Waals surface area contributed by atoms with E-state index in [-0.39, 0.29) is 12.5 Å². The molecule has 1 aliphatic heterocycles. The monoisotopic (exact) mass is 303 g/mol. The Labute approximate surface area is 124 Å². The highest BCUT2D eigenvalue weighted by Crippen LogP contribution is 2.21. The van der Waals surface area contributed by atoms with Crippen molar-refractivity contribution in [1.82, 2.24) is 10.2 Å². The molecule has 1 rings (SSSR count). The number of halogens is 3. The maximum Gasteiger partial charge on any atom is 0.432 e. The van der Waals surface area contributed by atoms with Crippen LogP contribution in [-0.4, -0.2) is 56.6 Å². The van der Waals surface area contributed by atoms with Crippen molar-refractivity contribution in [3.05, 3.63) is 24.8 Å². The summed E-state index contributed by atoms with van der Waals surface area (Å²) in [6, 6.07) is 0. The molecule has 0 saturated carbocycles. The number of aliphatic imine (C=N–C) groups is 1. The van der Waals surface area contributed by atoms with Crippen LogP contribution in [0.15, 0.2) is 29.8 Å². The fraction of sp³-hybridized carbons (Fsp3) is 0.667. The van der Waals surface area contributed by atoms with E-state index in [1.54, 1.807) is 0 Å². The highest BCUT2D eigenvalue weighted by Gasteiger charge is 2.33. The number of rotatable bonds is 7. The minimum atomic E-state index is -4.40. The van der Waals surface area contributed by atoms with Crippen molar-refractivity contribution < 1.29 is 13.2 Å². The number of hydrogen-bond acceptors (Lipinski definition) is 3. The average Bonchev–Trinajstić information content (AvgIpc) is 2.45. The SMILES string of the molecule is C=C/C=C\C(=NCC1CCN(CCNC)CC1)C(F)(F)F. The van der Waals surface area contributed by atoms with Crippen molar-refractivity contribution in [3.8, 4) is 0 Å². The Morgan fingerprint density at radius 3 is 2.57 bits per heavy atom. The lowest BCUT2D eigenvalue weighted by molar-refractivity contribution is -0.0579. The first-order chi connectivity index (χ1) is 9.97. The number of allylic oxidation sites excluding steroid dienone is 3. The second kappa shape index (κ2) is 9.00. The Kier molecular flexibility index (Phi) is 7.67. The van der Waals surface area contributed by atoms with Crippen LogP contribution in [0.5, 0.6) is 0 Å². The lowest BCUT2D eigenvalue weighted by atomic mass is 9.97. The standard InChI is InChI=1S/C15H24F3N3/c1-3-4-5-14(15(16,17)18)20-12-13-6-9-21(10-7-13)11-8-19-2/h3-5,13,19H,1,6-12H2,2H3/b5-4-,20-14?. The van der Waals surface area contributed by atoms with E-state index in [0.717, 1.165) is 45.1 Å². The van der Waals surface area contributed by atoms with E-state index in [4.69, 9.17) is 0 Å². The van der Waals surface area contributed by atoms with Crippen molar-refractivity contribution in [2.24, 2.45) is 10.9 Å². The second-order valence-corrected chi connectivity index (χ2v) is 5.21. The smallest absolute Gasteiger partial charge is 0.318 e. The van der Waals surface area contributed by atoms with Gasteiger partial charge < -0.3 is 10.2 Å². The molecule has 1 N–H and O–H groups in total. The van der Waals surface area contributed by atoms with E-state index in [9.17, 15) is 13.2 Å². The Bertz CT molecular complexity index is 367. The van der Waals surface area contributed by atoms with E-state index < -0.39 is 11.9 Å². The molecule has 0 aliphatic carbocycles. The third-order valence-corrected chi connectivity index (χ3v) is 3.59. The second-order valence-electron chi connectivity index (χ2n) is 5.21. The number of nitrogens with one attached hydrogen (secondary N) is 1. The highest BCUT2D eigenvalue weighted by molar-refractivity contribution is 5.99. The van der Waals surface area contributed by atoms with Crippen molar-refractivity contribution in [2.75, 3.05) is 39.8 Å². The molecule has 0 aromatic carbocycles. The van der Waals surface area contributed by atoms with Crippen molar-refractivity contribution >= 4 is 5.71 Å². The number of hydrogen-bond donors (Lipinski definition) is 1. The van der Waals surface area contributed by atoms with Crippen molar-refractivity contribution in [1.29, 1.82) is 0 Å². The van der Waals surface area contributed by atoms with Crippen LogP contribution in [0.3, 0.4) is 0 Å². The van der Waals surface area contributed by atoms with Gasteiger partial charge >= 0.3 is 6.18 Å². The Morgan fingerprint density at radius 2 is 2.05 bits per heavy atom. The summed E-state index contributed by atoms with van der Waals surface area (Å²) in [4.78, 5) is 6.10. The molecule has 1 aliphatic rings. The third-order valence-electron chi connectivity index (χ3n) is 3.59. The van der Waals surface area contributed by atoms with Crippen LogP contribution in [0.1, 0.15) is 12.8 Å². The molecule has 3 nitrogen and oxygen atoms in total. The molecule has 6 heteroatoms. The molecule has 1 heterocycles. The Hall–Kier alpha value is -1.14. The van der Waals surface area contributed by atoms with Gasteiger partial charge in [0.1, 0.15) is 5.71 Å². The maximum absolute atomic E-state index is 12.8. The lowest BCUT2D eigenvalue weighted by Gasteiger charge is -2.31. The summed E-state index contributed by atoms with van der Waals surface area (Å²) >= 11 is 0. The van der Waals surface area contributed by atoms with Gasteiger partial charge in [0.15, 0.2) is 0 Å². The zero-order chi connectivity index (χ0) is 15.7. The molecular formula is C15H24F3N3. The summed E-state index contributed by atoms with van der Waals surface area (Å²) in [5.41, 5.74) is -0.819. The van der Waals surface area contributed by atoms with E-state index in [2.05, 4.69) is 21.8 Å². The molecule has 0 bridgehead atoms. The molecule has 21 heavy (non-hydrogen) atoms. The number of likely N-dealkylation sites (tertiary alicyclic amines) is 1. The predicted molar refractivity (Wildman–Crippen MR) is 80.8 cm³/mol. The highest BCUT2D eigenvalue weighted by atomic mass is 19.4. The van der Waals surface area contributed by atoms with Gasteiger partial charge in [-0.25, -0.2) is 0 Å². The van der Waals surface area contributed by atoms with Gasteiger partial charge in [0, 0.05) is 19.6 Å². The largest absolute Gasteiger partial charge is 0.432 e. The van der Waals surface area contributed by atoms with Gasteiger partial charge in [0.25, 0.3) is 0 Å². The molecule has 0 spiro atoms. The van der Waals surface area contributed by atoms with Crippen LogP contribution >= 0.6 is 0 Å². The van der Waals surface area contributed by atoms with Crippen LogP contribution < -0.4 is 5.32 Å². The number of likely N-dealkylation sites (N-methyl/N-ethyl adjacent to an activating group) is 1. The van der Waals surface area contributed by atoms with E-state index in [1.165, 1.54) is 12.2 Å². The molecule has 1 fully saturated rings. The Morgan fingerprint density at radius 1 is 1.38 bits per heavy atom. The predicted octanol–water partition coefficient (Wildman–Crippen LogP) is 2.66. The van der Waals surface area contributed by atoms with Gasteiger partial charge in [-0.2, -0.15) is 13.2 Å². The fourth-order valence-corrected chi connectivity index (χ4v) is 2.29. The lowest BCUT2D eigenvalue weighted by Crippen LogP contribution is -2.38. The fourth-order valence-electron chi connectivity index (χ4n) is 2.29. The van der Waals surface area contributed by atoms with Crippen LogP contribution in [0.2, 0.25) is 0 Å². The number of piperidine rings is 1. The Balaban J connectivity index is 2.47. The zero-order valence-electron chi connectivity index (χ0n) is 12.5. The number of nitrogens with zero attached hydrogens (tertiary/aromatic N) is 2. The van der Waals surface area contributed by atoms with Gasteiger partial charge in [0.2, 0.25) is 0 Å². The van der Waals surface area contributed by atoms with Crippen molar-refractivity contribution in [2.45, 2.75) is 19.0 Å². The minimum absolute atomic E-state index is 0.241. The van der Waals surface area contributed by atoms with Gasteiger partial charge in [-0.1, -0.05) is 18.7 Å². The first kappa shape index (κ1) is 17.9. The van der Waals surface area contributed by atoms with E-state index in [1.807, 2.05) is 7.05 Å². The molecule has 1 saturated heterocycles. The molecule has 0 radical (unpaired) electrons. The van der Waals surface area contributed by atoms with Crippen LogP contribution in [0, 0.1) is 5.92 Å². The summed E-state index contributed by atoms with van der Waals surface area (Å²) in [6.45, 7) is 7.42. The summed E-state index contributed by atoms with van der Waals surface area (Å²) in [6.07, 6.45) is 0.989. The topological polar surface area (TPSA) is 27.6 Å². The average molecular weight is 303 g/mol. The van der Waals surface area contributed by atoms with E-state index >= 15 is 0 Å². The molecule has 0 amide bonds. The maximum atomic E-state index is 12.8. The van der Waals surface area contributed by atoms with E-state index in [0.29, 0.717) is 0 Å². The van der Waals surface area contributed by atoms with Crippen LogP contribution in [-0.2, 0) is 0 Å². The zero-order valence-corrected chi connectivity index (χ0v) is 12.5. The molecule has 0 aromatic rings. The first-order valence-corrected chi connectivity index (χ1v) is 7.25. The van der Waals surface area contributed by atoms with Gasteiger partial charge in [-0.3, -0.25) is 4.99 Å². The normalized spacial score (nSPS) is 19.3. The molecular weight excluding hydrogens is 279 g/mol.